The van der Waals surface area contributed by atoms with E-state index in [9.17, 15) is 0 Å². The molecule has 54 valence electrons. The van der Waals surface area contributed by atoms with Crippen molar-refractivity contribution >= 4 is 33.2 Å². The number of aryl methyl sites for hydroxylation is 1. The Balaban J connectivity index is 3.34. The first-order valence-electron chi connectivity index (χ1n) is 2.83. The molecule has 0 saturated heterocycles. The summed E-state index contributed by atoms with van der Waals surface area (Å²) < 4.78 is 0.889. The standard InChI is InChI=1S/C7H7BrClN/c1-4-2-3-5(9)7(10)6(4)8/h2-3H,10H2,1H3. The predicted molar refractivity (Wildman–Crippen MR) is 48.3 cm³/mol. The van der Waals surface area contributed by atoms with Crippen LogP contribution in [0.1, 0.15) is 5.56 Å². The van der Waals surface area contributed by atoms with Gasteiger partial charge in [-0.15, -0.1) is 0 Å². The molecule has 0 fully saturated rings. The first-order valence-corrected chi connectivity index (χ1v) is 4.00. The Morgan fingerprint density at radius 2 is 2.10 bits per heavy atom. The van der Waals surface area contributed by atoms with Gasteiger partial charge >= 0.3 is 0 Å². The van der Waals surface area contributed by atoms with Crippen LogP contribution >= 0.6 is 27.5 Å². The lowest BCUT2D eigenvalue weighted by atomic mass is 10.2. The molecule has 0 saturated carbocycles. The lowest BCUT2D eigenvalue weighted by molar-refractivity contribution is 1.43. The maximum absolute atomic E-state index is 5.73. The van der Waals surface area contributed by atoms with Crippen molar-refractivity contribution in [3.63, 3.8) is 0 Å². The molecule has 1 aromatic carbocycles. The summed E-state index contributed by atoms with van der Waals surface area (Å²) in [6.45, 7) is 1.97. The van der Waals surface area contributed by atoms with Gasteiger partial charge in [0.05, 0.1) is 10.7 Å². The quantitative estimate of drug-likeness (QED) is 0.668. The van der Waals surface area contributed by atoms with Crippen LogP contribution in [0.25, 0.3) is 0 Å². The Morgan fingerprint density at radius 3 is 2.60 bits per heavy atom. The zero-order valence-corrected chi connectivity index (χ0v) is 7.83. The second-order valence-electron chi connectivity index (χ2n) is 2.09. The van der Waals surface area contributed by atoms with Gasteiger partial charge in [0, 0.05) is 4.47 Å². The zero-order chi connectivity index (χ0) is 7.72. The van der Waals surface area contributed by atoms with E-state index in [1.54, 1.807) is 6.07 Å². The minimum Gasteiger partial charge on any atom is -0.397 e. The number of rotatable bonds is 0. The number of benzene rings is 1. The van der Waals surface area contributed by atoms with Crippen molar-refractivity contribution in [2.45, 2.75) is 6.92 Å². The Hall–Kier alpha value is -0.210. The van der Waals surface area contributed by atoms with Crippen LogP contribution in [0, 0.1) is 6.92 Å². The van der Waals surface area contributed by atoms with Crippen molar-refractivity contribution in [2.24, 2.45) is 0 Å². The summed E-state index contributed by atoms with van der Waals surface area (Å²) in [5.41, 5.74) is 7.32. The molecule has 10 heavy (non-hydrogen) atoms. The van der Waals surface area contributed by atoms with Crippen LogP contribution in [0.15, 0.2) is 16.6 Å². The minimum absolute atomic E-state index is 0.595. The fourth-order valence-electron chi connectivity index (χ4n) is 0.678. The molecule has 0 radical (unpaired) electrons. The predicted octanol–water partition coefficient (Wildman–Crippen LogP) is 2.99. The molecule has 3 heteroatoms. The summed E-state index contributed by atoms with van der Waals surface area (Å²) in [5.74, 6) is 0. The van der Waals surface area contributed by atoms with Crippen LogP contribution in [0.5, 0.6) is 0 Å². The maximum Gasteiger partial charge on any atom is 0.0650 e. The fraction of sp³-hybridized carbons (Fsp3) is 0.143. The van der Waals surface area contributed by atoms with Gasteiger partial charge in [-0.05, 0) is 34.5 Å². The molecule has 0 aliphatic rings. The van der Waals surface area contributed by atoms with Gasteiger partial charge in [0.15, 0.2) is 0 Å². The first-order chi connectivity index (χ1) is 4.63. The van der Waals surface area contributed by atoms with Crippen molar-refractivity contribution in [2.75, 3.05) is 5.73 Å². The lowest BCUT2D eigenvalue weighted by Gasteiger charge is -2.02. The Kier molecular flexibility index (Phi) is 2.21. The number of nitrogens with two attached hydrogens (primary N) is 1. The van der Waals surface area contributed by atoms with E-state index >= 15 is 0 Å². The van der Waals surface area contributed by atoms with E-state index in [1.807, 2.05) is 13.0 Å². The van der Waals surface area contributed by atoms with E-state index in [0.717, 1.165) is 10.0 Å². The van der Waals surface area contributed by atoms with Gasteiger partial charge in [-0.2, -0.15) is 0 Å². The van der Waals surface area contributed by atoms with Crippen molar-refractivity contribution in [1.29, 1.82) is 0 Å². The van der Waals surface area contributed by atoms with E-state index in [0.29, 0.717) is 10.7 Å². The summed E-state index contributed by atoms with van der Waals surface area (Å²) in [5, 5.41) is 0.595. The monoisotopic (exact) mass is 219 g/mol. The molecule has 0 aliphatic carbocycles. The highest BCUT2D eigenvalue weighted by Crippen LogP contribution is 2.29. The molecule has 0 atom stereocenters. The van der Waals surface area contributed by atoms with Crippen LogP contribution in [-0.2, 0) is 0 Å². The highest BCUT2D eigenvalue weighted by molar-refractivity contribution is 9.10. The third kappa shape index (κ3) is 1.27. The second kappa shape index (κ2) is 2.81. The summed E-state index contributed by atoms with van der Waals surface area (Å²) in [7, 11) is 0. The van der Waals surface area contributed by atoms with Crippen molar-refractivity contribution in [1.82, 2.24) is 0 Å². The first kappa shape index (κ1) is 7.89. The van der Waals surface area contributed by atoms with Gasteiger partial charge in [-0.3, -0.25) is 0 Å². The van der Waals surface area contributed by atoms with Gasteiger partial charge in [-0.25, -0.2) is 0 Å². The van der Waals surface area contributed by atoms with Crippen molar-refractivity contribution < 1.29 is 0 Å². The second-order valence-corrected chi connectivity index (χ2v) is 3.29. The van der Waals surface area contributed by atoms with E-state index in [2.05, 4.69) is 15.9 Å². The SMILES string of the molecule is Cc1ccc(Cl)c(N)c1Br. The van der Waals surface area contributed by atoms with E-state index in [-0.39, 0.29) is 0 Å². The number of hydrogen-bond acceptors (Lipinski definition) is 1. The van der Waals surface area contributed by atoms with Gasteiger partial charge in [0.25, 0.3) is 0 Å². The van der Waals surface area contributed by atoms with E-state index in [4.69, 9.17) is 17.3 Å². The van der Waals surface area contributed by atoms with Crippen LogP contribution in [-0.4, -0.2) is 0 Å². The van der Waals surface area contributed by atoms with Gasteiger partial charge < -0.3 is 5.73 Å². The molecular formula is C7H7BrClN. The topological polar surface area (TPSA) is 26.0 Å². The smallest absolute Gasteiger partial charge is 0.0650 e. The molecule has 0 bridgehead atoms. The molecule has 0 amide bonds. The van der Waals surface area contributed by atoms with Crippen molar-refractivity contribution in [3.8, 4) is 0 Å². The number of hydrogen-bond donors (Lipinski definition) is 1. The highest BCUT2D eigenvalue weighted by Gasteiger charge is 2.01. The van der Waals surface area contributed by atoms with Crippen LogP contribution in [0.2, 0.25) is 5.02 Å². The summed E-state index contributed by atoms with van der Waals surface area (Å²) in [6.07, 6.45) is 0. The molecule has 0 spiro atoms. The molecule has 1 aromatic rings. The summed E-state index contributed by atoms with van der Waals surface area (Å²) >= 11 is 9.05. The molecular weight excluding hydrogens is 213 g/mol. The van der Waals surface area contributed by atoms with Crippen molar-refractivity contribution in [3.05, 3.63) is 27.2 Å². The third-order valence-corrected chi connectivity index (χ3v) is 2.70. The van der Waals surface area contributed by atoms with Crippen LogP contribution in [0.4, 0.5) is 5.69 Å². The average molecular weight is 220 g/mol. The Morgan fingerprint density at radius 1 is 1.50 bits per heavy atom. The van der Waals surface area contributed by atoms with E-state index in [1.165, 1.54) is 0 Å². The molecule has 0 heterocycles. The molecule has 0 aliphatic heterocycles. The normalized spacial score (nSPS) is 9.90. The molecule has 1 rings (SSSR count). The van der Waals surface area contributed by atoms with Crippen LogP contribution in [0.3, 0.4) is 0 Å². The Labute approximate surface area is 73.3 Å². The number of halogens is 2. The fourth-order valence-corrected chi connectivity index (χ4v) is 1.30. The average Bonchev–Trinajstić information content (AvgIpc) is 1.93. The highest BCUT2D eigenvalue weighted by atomic mass is 79.9. The minimum atomic E-state index is 0.595. The lowest BCUT2D eigenvalue weighted by Crippen LogP contribution is -1.89. The molecule has 2 N–H and O–H groups in total. The third-order valence-electron chi connectivity index (χ3n) is 1.32. The summed E-state index contributed by atoms with van der Waals surface area (Å²) in [4.78, 5) is 0. The largest absolute Gasteiger partial charge is 0.397 e. The van der Waals surface area contributed by atoms with Gasteiger partial charge in [0.2, 0.25) is 0 Å². The number of anilines is 1. The van der Waals surface area contributed by atoms with E-state index < -0.39 is 0 Å². The molecule has 1 nitrogen and oxygen atoms in total. The number of nitrogen functional groups attached to an aromatic ring is 1. The Bertz CT molecular complexity index is 233. The molecule has 0 unspecified atom stereocenters. The van der Waals surface area contributed by atoms with Crippen LogP contribution < -0.4 is 5.73 Å². The maximum atomic E-state index is 5.73. The summed E-state index contributed by atoms with van der Waals surface area (Å²) in [6, 6.07) is 3.71. The van der Waals surface area contributed by atoms with Gasteiger partial charge in [0.1, 0.15) is 0 Å². The molecule has 0 aromatic heterocycles. The van der Waals surface area contributed by atoms with Gasteiger partial charge in [-0.1, -0.05) is 17.7 Å². The zero-order valence-electron chi connectivity index (χ0n) is 5.49.